The molecule has 9 rings (SSSR count). The Morgan fingerprint density at radius 3 is 1.89 bits per heavy atom. The van der Waals surface area contributed by atoms with Crippen LogP contribution in [0, 0.1) is 23.7 Å². The number of ether oxygens (including phenoxy) is 3. The smallest absolute Gasteiger partial charge is 0.344 e. The summed E-state index contributed by atoms with van der Waals surface area (Å²) in [6.07, 6.45) is 6.26. The van der Waals surface area contributed by atoms with E-state index >= 15 is 0 Å². The first-order chi connectivity index (χ1) is 21.5. The van der Waals surface area contributed by atoms with Crippen LogP contribution in [-0.4, -0.2) is 18.2 Å². The molecule has 226 valence electrons. The highest BCUT2D eigenvalue weighted by Gasteiger charge is 2.57. The lowest BCUT2D eigenvalue weighted by molar-refractivity contribution is -0.204. The average molecular weight is 623 g/mol. The molecule has 4 bridgehead atoms. The number of carbonyl (C=O) groups is 1. The minimum Gasteiger partial charge on any atom is -0.489 e. The van der Waals surface area contributed by atoms with Crippen molar-refractivity contribution in [3.05, 3.63) is 103 Å². The van der Waals surface area contributed by atoms with Crippen LogP contribution in [-0.2, 0) is 16.1 Å². The highest BCUT2D eigenvalue weighted by Crippen LogP contribution is 2.62. The van der Waals surface area contributed by atoms with E-state index in [0.717, 1.165) is 23.1 Å². The van der Waals surface area contributed by atoms with Crippen molar-refractivity contribution >= 4 is 28.6 Å². The van der Waals surface area contributed by atoms with E-state index in [1.165, 1.54) is 56.6 Å². The molecule has 4 aromatic rings. The lowest BCUT2D eigenvalue weighted by Crippen LogP contribution is -2.58. The minimum atomic E-state index is -0.611. The van der Waals surface area contributed by atoms with Crippen molar-refractivity contribution in [2.24, 2.45) is 23.7 Å². The van der Waals surface area contributed by atoms with Gasteiger partial charge in [0.15, 0.2) is 6.61 Å². The van der Waals surface area contributed by atoms with E-state index in [2.05, 4.69) is 79.7 Å². The molecule has 0 atom stereocenters. The molecule has 0 N–H and O–H groups in total. The van der Waals surface area contributed by atoms with Gasteiger partial charge < -0.3 is 14.2 Å². The van der Waals surface area contributed by atoms with Crippen molar-refractivity contribution in [2.45, 2.75) is 75.7 Å². The van der Waals surface area contributed by atoms with Gasteiger partial charge in [0.05, 0.1) is 0 Å². The van der Waals surface area contributed by atoms with Crippen LogP contribution >= 0.6 is 22.7 Å². The van der Waals surface area contributed by atoms with E-state index in [9.17, 15) is 4.79 Å². The van der Waals surface area contributed by atoms with E-state index in [4.69, 9.17) is 14.2 Å². The summed E-state index contributed by atoms with van der Waals surface area (Å²) < 4.78 is 18.1. The molecule has 1 heterocycles. The number of rotatable bonds is 8. The second-order valence-electron chi connectivity index (χ2n) is 13.1. The second-order valence-corrected chi connectivity index (χ2v) is 16.3. The van der Waals surface area contributed by atoms with Crippen molar-refractivity contribution in [3.63, 3.8) is 0 Å². The maximum absolute atomic E-state index is 12.8. The number of esters is 1. The molecule has 4 fully saturated rings. The summed E-state index contributed by atoms with van der Waals surface area (Å²) >= 11 is 1.87. The molecule has 6 heteroatoms. The summed E-state index contributed by atoms with van der Waals surface area (Å²) in [5, 5.41) is 0. The first-order valence-corrected chi connectivity index (χ1v) is 18.0. The number of thiol groups is 1. The molecule has 1 aliphatic heterocycles. The van der Waals surface area contributed by atoms with E-state index in [1.807, 2.05) is 36.0 Å². The van der Waals surface area contributed by atoms with E-state index in [1.54, 1.807) is 0 Å². The molecule has 4 aliphatic carbocycles. The van der Waals surface area contributed by atoms with Gasteiger partial charge in [0.25, 0.3) is 0 Å². The third-order valence-electron chi connectivity index (χ3n) is 10.3. The predicted octanol–water partition coefficient (Wildman–Crippen LogP) is 9.35. The van der Waals surface area contributed by atoms with Crippen LogP contribution in [0.4, 0.5) is 0 Å². The summed E-state index contributed by atoms with van der Waals surface area (Å²) in [5.74, 6) is 3.98. The standard InChI is InChI=1S/C38H38O4S2/c1-38(28-19-26-18-27(21-28)22-29(38)20-26)42-37(39)24-41-30-12-10-25(11-13-30)23-40-31-14-16-32(17-15-31)44-35-8-4-2-6-33(35)43-34-7-3-5-9-36(34)44/h2-17,26-29,44H,18-24H2,1H3. The van der Waals surface area contributed by atoms with Crippen molar-refractivity contribution in [2.75, 3.05) is 6.61 Å². The van der Waals surface area contributed by atoms with Crippen LogP contribution < -0.4 is 9.47 Å². The Morgan fingerprint density at radius 2 is 1.27 bits per heavy atom. The van der Waals surface area contributed by atoms with E-state index < -0.39 is 10.9 Å². The van der Waals surface area contributed by atoms with Gasteiger partial charge in [-0.05, 0) is 134 Å². The summed E-state index contributed by atoms with van der Waals surface area (Å²) in [6, 6.07) is 33.9. The van der Waals surface area contributed by atoms with Gasteiger partial charge in [0.2, 0.25) is 0 Å². The lowest BCUT2D eigenvalue weighted by Gasteiger charge is -2.59. The number of benzene rings is 4. The molecule has 4 nitrogen and oxygen atoms in total. The Balaban J connectivity index is 0.861. The van der Waals surface area contributed by atoms with Gasteiger partial charge in [-0.1, -0.05) is 48.2 Å². The molecule has 44 heavy (non-hydrogen) atoms. The molecule has 0 amide bonds. The Hall–Kier alpha value is -3.35. The summed E-state index contributed by atoms with van der Waals surface area (Å²) in [5.41, 5.74) is 0.722. The Kier molecular flexibility index (Phi) is 7.38. The maximum atomic E-state index is 12.8. The van der Waals surface area contributed by atoms with Crippen molar-refractivity contribution in [1.82, 2.24) is 0 Å². The van der Waals surface area contributed by atoms with Crippen LogP contribution in [0.2, 0.25) is 0 Å². The maximum Gasteiger partial charge on any atom is 0.344 e. The van der Waals surface area contributed by atoms with Crippen molar-refractivity contribution in [1.29, 1.82) is 0 Å². The molecule has 0 spiro atoms. The first kappa shape index (κ1) is 28.1. The molecule has 0 aromatic heterocycles. The second kappa shape index (κ2) is 11.5. The number of hydrogen-bond acceptors (Lipinski definition) is 5. The highest BCUT2D eigenvalue weighted by atomic mass is 32.2. The Labute approximate surface area is 266 Å². The first-order valence-electron chi connectivity index (χ1n) is 15.8. The minimum absolute atomic E-state index is 0.0553. The van der Waals surface area contributed by atoms with Gasteiger partial charge in [-0.25, -0.2) is 4.79 Å². The topological polar surface area (TPSA) is 44.8 Å². The normalized spacial score (nSPS) is 26.9. The van der Waals surface area contributed by atoms with Crippen LogP contribution in [0.1, 0.15) is 44.6 Å². The molecule has 0 saturated heterocycles. The van der Waals surface area contributed by atoms with Crippen LogP contribution in [0.5, 0.6) is 11.5 Å². The summed E-state index contributed by atoms with van der Waals surface area (Å²) in [6.45, 7) is 2.58. The third-order valence-corrected chi connectivity index (χ3v) is 14.3. The molecule has 5 aliphatic rings. The van der Waals surface area contributed by atoms with Gasteiger partial charge in [-0.3, -0.25) is 0 Å². The van der Waals surface area contributed by atoms with Gasteiger partial charge in [-0.2, -0.15) is 10.9 Å². The fourth-order valence-corrected chi connectivity index (χ4v) is 12.2. The zero-order valence-electron chi connectivity index (χ0n) is 25.0. The zero-order valence-corrected chi connectivity index (χ0v) is 26.7. The molecular weight excluding hydrogens is 585 g/mol. The number of hydrogen-bond donors (Lipinski definition) is 1. The summed E-state index contributed by atoms with van der Waals surface area (Å²) in [7, 11) is -0.611. The molecule has 4 aromatic carbocycles. The quantitative estimate of drug-likeness (QED) is 0.138. The Morgan fingerprint density at radius 1 is 0.727 bits per heavy atom. The van der Waals surface area contributed by atoms with Crippen LogP contribution in [0.15, 0.2) is 122 Å². The fourth-order valence-electron chi connectivity index (χ4n) is 8.23. The zero-order chi connectivity index (χ0) is 29.7. The van der Waals surface area contributed by atoms with E-state index in [0.29, 0.717) is 24.2 Å². The highest BCUT2D eigenvalue weighted by molar-refractivity contribution is 8.18. The van der Waals surface area contributed by atoms with Crippen molar-refractivity contribution < 1.29 is 19.0 Å². The van der Waals surface area contributed by atoms with E-state index in [-0.39, 0.29) is 18.2 Å². The van der Waals surface area contributed by atoms with Crippen LogP contribution in [0.3, 0.4) is 0 Å². The molecule has 4 saturated carbocycles. The molecular formula is C38H38O4S2. The van der Waals surface area contributed by atoms with Crippen LogP contribution in [0.25, 0.3) is 0 Å². The SMILES string of the molecule is CC1(OC(=O)COc2ccc(COc3ccc([SH]4c5ccccc5Sc5ccccc54)cc3)cc2)C2CC3CC(C2)CC1C3. The summed E-state index contributed by atoms with van der Waals surface area (Å²) in [4.78, 5) is 19.7. The fraction of sp³-hybridized carbons (Fsp3) is 0.342. The molecule has 0 unspecified atom stereocenters. The van der Waals surface area contributed by atoms with Gasteiger partial charge in [-0.15, -0.1) is 0 Å². The van der Waals surface area contributed by atoms with Gasteiger partial charge >= 0.3 is 5.97 Å². The van der Waals surface area contributed by atoms with Crippen molar-refractivity contribution in [3.8, 4) is 11.5 Å². The predicted molar refractivity (Wildman–Crippen MR) is 175 cm³/mol. The number of fused-ring (bicyclic) bond motifs is 2. The molecule has 0 radical (unpaired) electrons. The van der Waals surface area contributed by atoms with Gasteiger partial charge in [0, 0.05) is 19.6 Å². The average Bonchev–Trinajstić information content (AvgIpc) is 3.05. The van der Waals surface area contributed by atoms with Gasteiger partial charge in [0.1, 0.15) is 23.7 Å². The largest absolute Gasteiger partial charge is 0.489 e. The lowest BCUT2D eigenvalue weighted by atomic mass is 9.50. The third kappa shape index (κ3) is 5.30. The monoisotopic (exact) mass is 622 g/mol. The number of carbonyl (C=O) groups excluding carboxylic acids is 1. The Bertz CT molecular complexity index is 1590.